The summed E-state index contributed by atoms with van der Waals surface area (Å²) in [5.74, 6) is -3.57. The summed E-state index contributed by atoms with van der Waals surface area (Å²) >= 11 is 0. The zero-order valence-electron chi connectivity index (χ0n) is 40.4. The number of nitrogens with zero attached hydrogens (tertiary/aromatic N) is 1. The predicted molar refractivity (Wildman–Crippen MR) is 235 cm³/mol. The van der Waals surface area contributed by atoms with Crippen LogP contribution in [-0.4, -0.2) is 92.7 Å². The Kier molecular flexibility index (Phi) is 17.6. The van der Waals surface area contributed by atoms with Crippen LogP contribution in [0.15, 0.2) is 24.3 Å². The monoisotopic (exact) mass is 877 g/mol. The van der Waals surface area contributed by atoms with Crippen molar-refractivity contribution in [3.05, 3.63) is 29.8 Å². The van der Waals surface area contributed by atoms with Crippen LogP contribution in [0, 0.1) is 27.6 Å². The standard InChI is InChI=1S/C46H76N2O12Si/c1-28(2)24-31(36(50)47-30-23-21-20-22-29(30)25-56-61(18,19)46(15,16)17)48(27-49)37-35(60-41(54)45(12,13)14)34(59-40(53)44(9,10)11)33(58-39(52)43(6,7)8)32(57-37)26-55-38(51)42(3,4)5/h20-23,27-28,31-35,37H,24-26H2,1-19H3,(H,47,50)/t31?,32?,33-,34?,35?,37+/m0/s1. The van der Waals surface area contributed by atoms with Gasteiger partial charge in [0.1, 0.15) is 18.8 Å². The van der Waals surface area contributed by atoms with Gasteiger partial charge in [0, 0.05) is 5.69 Å². The minimum Gasteiger partial charge on any atom is -0.462 e. The average molecular weight is 877 g/mol. The smallest absolute Gasteiger partial charge is 0.311 e. The number of carbonyl (C=O) groups is 6. The van der Waals surface area contributed by atoms with Gasteiger partial charge in [0.15, 0.2) is 32.9 Å². The maximum Gasteiger partial charge on any atom is 0.311 e. The van der Waals surface area contributed by atoms with Crippen LogP contribution in [0.3, 0.4) is 0 Å². The summed E-state index contributed by atoms with van der Waals surface area (Å²) in [6.07, 6.45) is -7.25. The van der Waals surface area contributed by atoms with Crippen molar-refractivity contribution in [1.29, 1.82) is 0 Å². The Morgan fingerprint density at radius 1 is 0.721 bits per heavy atom. The van der Waals surface area contributed by atoms with Crippen LogP contribution >= 0.6 is 0 Å². The molecule has 1 aliphatic heterocycles. The molecule has 0 aliphatic carbocycles. The lowest BCUT2D eigenvalue weighted by atomic mass is 9.91. The van der Waals surface area contributed by atoms with Crippen molar-refractivity contribution in [3.63, 3.8) is 0 Å². The van der Waals surface area contributed by atoms with Crippen molar-refractivity contribution in [3.8, 4) is 0 Å². The number of rotatable bonds is 15. The zero-order valence-corrected chi connectivity index (χ0v) is 41.4. The zero-order chi connectivity index (χ0) is 47.3. The average Bonchev–Trinajstić information content (AvgIpc) is 3.09. The van der Waals surface area contributed by atoms with Gasteiger partial charge < -0.3 is 38.3 Å². The van der Waals surface area contributed by atoms with Gasteiger partial charge in [-0.15, -0.1) is 0 Å². The topological polar surface area (TPSA) is 173 Å². The number of carbonyl (C=O) groups excluding carboxylic acids is 6. The van der Waals surface area contributed by atoms with Crippen molar-refractivity contribution < 1.29 is 56.9 Å². The number of hydrogen-bond acceptors (Lipinski definition) is 12. The Labute approximate surface area is 365 Å². The van der Waals surface area contributed by atoms with Crippen LogP contribution in [0.4, 0.5) is 5.69 Å². The van der Waals surface area contributed by atoms with Gasteiger partial charge in [-0.3, -0.25) is 28.8 Å². The Morgan fingerprint density at radius 2 is 1.18 bits per heavy atom. The first-order valence-electron chi connectivity index (χ1n) is 21.2. The molecule has 1 aromatic rings. The van der Waals surface area contributed by atoms with Gasteiger partial charge in [0.05, 0.1) is 28.3 Å². The first kappa shape index (κ1) is 53.3. The van der Waals surface area contributed by atoms with E-state index >= 15 is 0 Å². The van der Waals surface area contributed by atoms with Crippen LogP contribution in [0.5, 0.6) is 0 Å². The molecule has 1 fully saturated rings. The lowest BCUT2D eigenvalue weighted by Gasteiger charge is -2.49. The second kappa shape index (κ2) is 20.1. The lowest BCUT2D eigenvalue weighted by molar-refractivity contribution is -0.282. The number of amides is 2. The molecule has 346 valence electrons. The number of ether oxygens (including phenoxy) is 5. The highest BCUT2D eigenvalue weighted by Gasteiger charge is 2.57. The van der Waals surface area contributed by atoms with E-state index in [2.05, 4.69) is 39.2 Å². The molecule has 2 rings (SSSR count). The van der Waals surface area contributed by atoms with Crippen molar-refractivity contribution >= 4 is 50.2 Å². The summed E-state index contributed by atoms with van der Waals surface area (Å²) in [5.41, 5.74) is -3.03. The number of hydrogen-bond donors (Lipinski definition) is 1. The van der Waals surface area contributed by atoms with E-state index in [1.807, 2.05) is 26.0 Å². The van der Waals surface area contributed by atoms with Gasteiger partial charge in [-0.25, -0.2) is 0 Å². The fourth-order valence-electron chi connectivity index (χ4n) is 5.53. The van der Waals surface area contributed by atoms with E-state index in [0.717, 1.165) is 10.5 Å². The molecule has 0 bridgehead atoms. The Morgan fingerprint density at radius 3 is 1.62 bits per heavy atom. The summed E-state index contributed by atoms with van der Waals surface area (Å²) in [5, 5.41) is 2.96. The van der Waals surface area contributed by atoms with Crippen molar-refractivity contribution in [1.82, 2.24) is 4.90 Å². The maximum absolute atomic E-state index is 14.7. The van der Waals surface area contributed by atoms with Crippen LogP contribution in [0.1, 0.15) is 130 Å². The minimum atomic E-state index is -2.19. The Balaban J connectivity index is 2.90. The van der Waals surface area contributed by atoms with Gasteiger partial charge >= 0.3 is 23.9 Å². The fraction of sp³-hybridized carbons (Fsp3) is 0.739. The quantitative estimate of drug-likeness (QED) is 0.0776. The molecule has 6 atom stereocenters. The van der Waals surface area contributed by atoms with Gasteiger partial charge in [-0.05, 0) is 125 Å². The number of para-hydroxylation sites is 1. The van der Waals surface area contributed by atoms with E-state index in [0.29, 0.717) is 12.1 Å². The molecule has 1 aliphatic rings. The summed E-state index contributed by atoms with van der Waals surface area (Å²) in [6, 6.07) is 5.99. The van der Waals surface area contributed by atoms with Crippen LogP contribution < -0.4 is 5.32 Å². The number of esters is 4. The summed E-state index contributed by atoms with van der Waals surface area (Å²) < 4.78 is 37.3. The Hall–Kier alpha value is -3.82. The molecule has 2 amide bonds. The molecule has 1 heterocycles. The molecule has 4 unspecified atom stereocenters. The van der Waals surface area contributed by atoms with E-state index in [-0.39, 0.29) is 24.0 Å². The normalized spacial score (nSPS) is 20.9. The molecule has 0 spiro atoms. The molecule has 0 aromatic heterocycles. The molecule has 0 radical (unpaired) electrons. The maximum atomic E-state index is 14.7. The highest BCUT2D eigenvalue weighted by Crippen LogP contribution is 2.39. The van der Waals surface area contributed by atoms with E-state index < -0.39 is 103 Å². The van der Waals surface area contributed by atoms with Gasteiger partial charge in [-0.2, -0.15) is 0 Å². The predicted octanol–water partition coefficient (Wildman–Crippen LogP) is 8.21. The minimum absolute atomic E-state index is 0.0585. The fourth-order valence-corrected chi connectivity index (χ4v) is 6.48. The van der Waals surface area contributed by atoms with Gasteiger partial charge in [0.2, 0.25) is 12.3 Å². The molecule has 61 heavy (non-hydrogen) atoms. The van der Waals surface area contributed by atoms with E-state index in [1.54, 1.807) is 95.2 Å². The molecule has 15 heteroatoms. The highest BCUT2D eigenvalue weighted by molar-refractivity contribution is 6.74. The highest BCUT2D eigenvalue weighted by atomic mass is 28.4. The third-order valence-electron chi connectivity index (χ3n) is 10.6. The van der Waals surface area contributed by atoms with E-state index in [4.69, 9.17) is 28.1 Å². The largest absolute Gasteiger partial charge is 0.462 e. The first-order valence-corrected chi connectivity index (χ1v) is 24.1. The third kappa shape index (κ3) is 14.9. The third-order valence-corrected chi connectivity index (χ3v) is 15.1. The van der Waals surface area contributed by atoms with Crippen LogP contribution in [0.25, 0.3) is 0 Å². The lowest BCUT2D eigenvalue weighted by Crippen LogP contribution is -2.68. The molecule has 1 aromatic carbocycles. The van der Waals surface area contributed by atoms with Crippen LogP contribution in [0.2, 0.25) is 18.1 Å². The number of anilines is 1. The molecular formula is C46H76N2O12Si. The second-order valence-electron chi connectivity index (χ2n) is 22.2. The number of benzene rings is 1. The van der Waals surface area contributed by atoms with Crippen molar-refractivity contribution in [2.75, 3.05) is 11.9 Å². The first-order chi connectivity index (χ1) is 27.5. The van der Waals surface area contributed by atoms with Gasteiger partial charge in [0.25, 0.3) is 0 Å². The second-order valence-corrected chi connectivity index (χ2v) is 27.0. The summed E-state index contributed by atoms with van der Waals surface area (Å²) in [4.78, 5) is 84.0. The SMILES string of the molecule is CC(C)CC(C(=O)Nc1ccccc1CO[Si](C)(C)C(C)(C)C)N(C=O)[C@@H]1OC(COC(=O)C(C)(C)C)[C@H](OC(=O)C(C)(C)C)C(OC(=O)C(C)(C)C)C1OC(=O)C(C)(C)C. The molecule has 14 nitrogen and oxygen atoms in total. The Bertz CT molecular complexity index is 1710. The summed E-state index contributed by atoms with van der Waals surface area (Å²) in [7, 11) is -2.19. The molecular weight excluding hydrogens is 801 g/mol. The van der Waals surface area contributed by atoms with E-state index in [9.17, 15) is 28.8 Å². The van der Waals surface area contributed by atoms with Crippen LogP contribution in [-0.2, 0) is 63.5 Å². The van der Waals surface area contributed by atoms with Gasteiger partial charge in [-0.1, -0.05) is 52.8 Å². The van der Waals surface area contributed by atoms with Crippen molar-refractivity contribution in [2.24, 2.45) is 27.6 Å². The summed E-state index contributed by atoms with van der Waals surface area (Å²) in [6.45, 7) is 33.8. The number of nitrogens with one attached hydrogen (secondary N) is 1. The molecule has 0 saturated carbocycles. The van der Waals surface area contributed by atoms with Crippen molar-refractivity contribution in [2.45, 2.75) is 186 Å². The van der Waals surface area contributed by atoms with E-state index in [1.165, 1.54) is 0 Å². The molecule has 1 N–H and O–H groups in total. The molecule has 1 saturated heterocycles.